The molecule has 1 aliphatic rings. The quantitative estimate of drug-likeness (QED) is 0.821. The Kier molecular flexibility index (Phi) is 5.62. The van der Waals surface area contributed by atoms with E-state index in [2.05, 4.69) is 5.32 Å². The summed E-state index contributed by atoms with van der Waals surface area (Å²) in [7, 11) is 3.09. The summed E-state index contributed by atoms with van der Waals surface area (Å²) in [5.41, 5.74) is 1.88. The van der Waals surface area contributed by atoms with Gasteiger partial charge in [-0.05, 0) is 53.8 Å². The smallest absolute Gasteiger partial charge is 0.416 e. The second-order valence-electron chi connectivity index (χ2n) is 6.55. The molecule has 2 atom stereocenters. The summed E-state index contributed by atoms with van der Waals surface area (Å²) in [5.74, 6) is 1.13. The number of fused-ring (bicyclic) bond motifs is 1. The van der Waals surface area contributed by atoms with Gasteiger partial charge in [0.1, 0.15) is 0 Å². The van der Waals surface area contributed by atoms with E-state index in [-0.39, 0.29) is 6.04 Å². The highest BCUT2D eigenvalue weighted by molar-refractivity contribution is 5.50. The predicted molar refractivity (Wildman–Crippen MR) is 95.0 cm³/mol. The third kappa shape index (κ3) is 4.20. The molecule has 1 heterocycles. The largest absolute Gasteiger partial charge is 0.493 e. The lowest BCUT2D eigenvalue weighted by molar-refractivity contribution is -0.137. The second kappa shape index (κ2) is 7.78. The van der Waals surface area contributed by atoms with E-state index in [1.54, 1.807) is 20.3 Å². The van der Waals surface area contributed by atoms with E-state index < -0.39 is 17.8 Å². The van der Waals surface area contributed by atoms with E-state index in [4.69, 9.17) is 9.47 Å². The highest BCUT2D eigenvalue weighted by Crippen LogP contribution is 2.39. The van der Waals surface area contributed by atoms with E-state index in [9.17, 15) is 18.3 Å². The van der Waals surface area contributed by atoms with Crippen LogP contribution in [0.25, 0.3) is 0 Å². The highest BCUT2D eigenvalue weighted by atomic mass is 19.4. The van der Waals surface area contributed by atoms with Crippen LogP contribution in [0.4, 0.5) is 13.2 Å². The lowest BCUT2D eigenvalue weighted by Gasteiger charge is -2.31. The van der Waals surface area contributed by atoms with E-state index in [0.29, 0.717) is 30.9 Å². The third-order valence-electron chi connectivity index (χ3n) is 4.88. The number of β-amino-alcohol motifs (C(OH)–C–C–N with tert-alkyl or cyclic N) is 1. The molecule has 0 saturated heterocycles. The number of aliphatic hydroxyl groups excluding tert-OH is 1. The van der Waals surface area contributed by atoms with Crippen molar-refractivity contribution in [2.24, 2.45) is 0 Å². The number of aliphatic hydroxyl groups is 1. The van der Waals surface area contributed by atoms with Gasteiger partial charge >= 0.3 is 6.18 Å². The molecule has 146 valence electrons. The topological polar surface area (TPSA) is 50.7 Å². The highest BCUT2D eigenvalue weighted by Gasteiger charge is 2.30. The standard InChI is InChI=1S/C20H22F3NO3/c1-26-18-9-14-15(10-19(18)27-2)17(25)11-24-16(14)8-5-12-3-6-13(7-4-12)20(21,22)23/h3-4,6-7,9-10,16-17,24-25H,5,8,11H2,1-2H3/t16-,17-/m0/s1. The van der Waals surface area contributed by atoms with Crippen LogP contribution in [-0.2, 0) is 12.6 Å². The molecule has 3 rings (SSSR count). The van der Waals surface area contributed by atoms with Gasteiger partial charge in [-0.2, -0.15) is 13.2 Å². The van der Waals surface area contributed by atoms with Crippen LogP contribution < -0.4 is 14.8 Å². The van der Waals surface area contributed by atoms with Gasteiger partial charge in [0.05, 0.1) is 25.9 Å². The average molecular weight is 381 g/mol. The zero-order valence-corrected chi connectivity index (χ0v) is 15.1. The summed E-state index contributed by atoms with van der Waals surface area (Å²) in [6, 6.07) is 8.83. The number of benzene rings is 2. The van der Waals surface area contributed by atoms with E-state index in [1.165, 1.54) is 12.1 Å². The molecule has 0 saturated carbocycles. The Balaban J connectivity index is 1.78. The summed E-state index contributed by atoms with van der Waals surface area (Å²) in [6.07, 6.45) is -3.68. The lowest BCUT2D eigenvalue weighted by Crippen LogP contribution is -2.33. The first kappa shape index (κ1) is 19.5. The molecule has 7 heteroatoms. The van der Waals surface area contributed by atoms with Crippen molar-refractivity contribution in [3.63, 3.8) is 0 Å². The molecule has 2 aromatic carbocycles. The van der Waals surface area contributed by atoms with Crippen molar-refractivity contribution in [1.29, 1.82) is 0 Å². The number of rotatable bonds is 5. The van der Waals surface area contributed by atoms with Crippen molar-refractivity contribution in [3.05, 3.63) is 58.7 Å². The molecule has 4 nitrogen and oxygen atoms in total. The van der Waals surface area contributed by atoms with E-state index in [1.807, 2.05) is 6.07 Å². The van der Waals surface area contributed by atoms with Crippen LogP contribution in [0, 0.1) is 0 Å². The lowest BCUT2D eigenvalue weighted by atomic mass is 9.88. The molecular weight excluding hydrogens is 359 g/mol. The molecule has 0 unspecified atom stereocenters. The zero-order valence-electron chi connectivity index (χ0n) is 15.1. The molecule has 2 aromatic rings. The maximum Gasteiger partial charge on any atom is 0.416 e. The molecule has 0 fully saturated rings. The van der Waals surface area contributed by atoms with Crippen molar-refractivity contribution in [1.82, 2.24) is 5.32 Å². The van der Waals surface area contributed by atoms with Crippen LogP contribution in [0.1, 0.15) is 40.8 Å². The van der Waals surface area contributed by atoms with Crippen molar-refractivity contribution in [3.8, 4) is 11.5 Å². The van der Waals surface area contributed by atoms with Crippen LogP contribution in [0.2, 0.25) is 0 Å². The van der Waals surface area contributed by atoms with Gasteiger partial charge in [0.2, 0.25) is 0 Å². The number of halogens is 3. The van der Waals surface area contributed by atoms with Crippen molar-refractivity contribution >= 4 is 0 Å². The minimum atomic E-state index is -4.33. The zero-order chi connectivity index (χ0) is 19.6. The fraction of sp³-hybridized carbons (Fsp3) is 0.400. The normalized spacial score (nSPS) is 19.5. The first-order valence-electron chi connectivity index (χ1n) is 8.67. The Bertz CT molecular complexity index is 790. The maximum atomic E-state index is 12.7. The number of hydrogen-bond donors (Lipinski definition) is 2. The SMILES string of the molecule is COc1cc2c(cc1OC)[C@@H](O)CN[C@H]2CCc1ccc(C(F)(F)F)cc1. The van der Waals surface area contributed by atoms with E-state index in [0.717, 1.165) is 28.8 Å². The van der Waals surface area contributed by atoms with Crippen molar-refractivity contribution in [2.75, 3.05) is 20.8 Å². The maximum absolute atomic E-state index is 12.7. The summed E-state index contributed by atoms with van der Waals surface area (Å²) < 4.78 is 48.7. The molecule has 2 N–H and O–H groups in total. The Labute approximate surface area is 155 Å². The number of hydrogen-bond acceptors (Lipinski definition) is 4. The number of methoxy groups -OCH3 is 2. The minimum absolute atomic E-state index is 0.0366. The molecule has 0 aromatic heterocycles. The van der Waals surface area contributed by atoms with Crippen LogP contribution in [0.3, 0.4) is 0 Å². The van der Waals surface area contributed by atoms with Gasteiger partial charge in [-0.25, -0.2) is 0 Å². The monoisotopic (exact) mass is 381 g/mol. The minimum Gasteiger partial charge on any atom is -0.493 e. The second-order valence-corrected chi connectivity index (χ2v) is 6.55. The summed E-state index contributed by atoms with van der Waals surface area (Å²) >= 11 is 0. The molecule has 27 heavy (non-hydrogen) atoms. The molecule has 0 bridgehead atoms. The van der Waals surface area contributed by atoms with Crippen LogP contribution >= 0.6 is 0 Å². The third-order valence-corrected chi connectivity index (χ3v) is 4.88. The molecule has 0 aliphatic carbocycles. The van der Waals surface area contributed by atoms with Crippen LogP contribution in [-0.4, -0.2) is 25.9 Å². The van der Waals surface area contributed by atoms with Gasteiger partial charge in [-0.1, -0.05) is 12.1 Å². The van der Waals surface area contributed by atoms with E-state index >= 15 is 0 Å². The number of aryl methyl sites for hydroxylation is 1. The fourth-order valence-electron chi connectivity index (χ4n) is 3.40. The average Bonchev–Trinajstić information content (AvgIpc) is 2.66. The van der Waals surface area contributed by atoms with Gasteiger partial charge in [-0.15, -0.1) is 0 Å². The first-order chi connectivity index (χ1) is 12.8. The van der Waals surface area contributed by atoms with Crippen LogP contribution in [0.15, 0.2) is 36.4 Å². The van der Waals surface area contributed by atoms with Gasteiger partial charge in [0.25, 0.3) is 0 Å². The molecule has 0 radical (unpaired) electrons. The fourth-order valence-corrected chi connectivity index (χ4v) is 3.40. The Morgan fingerprint density at radius 3 is 2.19 bits per heavy atom. The number of nitrogens with one attached hydrogen (secondary N) is 1. The Morgan fingerprint density at radius 1 is 1.04 bits per heavy atom. The van der Waals surface area contributed by atoms with Gasteiger partial charge < -0.3 is 19.9 Å². The number of ether oxygens (including phenoxy) is 2. The number of alkyl halides is 3. The summed E-state index contributed by atoms with van der Waals surface area (Å²) in [6.45, 7) is 0.403. The van der Waals surface area contributed by atoms with Gasteiger partial charge in [-0.3, -0.25) is 0 Å². The van der Waals surface area contributed by atoms with Crippen molar-refractivity contribution < 1.29 is 27.8 Å². The predicted octanol–water partition coefficient (Wildman–Crippen LogP) is 4.03. The van der Waals surface area contributed by atoms with Crippen LogP contribution in [0.5, 0.6) is 11.5 Å². The van der Waals surface area contributed by atoms with Gasteiger partial charge in [0.15, 0.2) is 11.5 Å². The summed E-state index contributed by atoms with van der Waals surface area (Å²) in [4.78, 5) is 0. The molecule has 0 spiro atoms. The summed E-state index contributed by atoms with van der Waals surface area (Å²) in [5, 5.41) is 13.6. The Morgan fingerprint density at radius 2 is 1.63 bits per heavy atom. The molecule has 1 aliphatic heterocycles. The Hall–Kier alpha value is -2.25. The van der Waals surface area contributed by atoms with Crippen molar-refractivity contribution in [2.45, 2.75) is 31.2 Å². The molecule has 0 amide bonds. The molecular formula is C20H22F3NO3. The van der Waals surface area contributed by atoms with Gasteiger partial charge in [0, 0.05) is 12.6 Å². The first-order valence-corrected chi connectivity index (χ1v) is 8.67.